The number of nitrogens with zero attached hydrogens (tertiary/aromatic N) is 1. The summed E-state index contributed by atoms with van der Waals surface area (Å²) in [6.07, 6.45) is 3.01. The number of hydrogen-bond donors (Lipinski definition) is 1. The predicted molar refractivity (Wildman–Crippen MR) is 42.2 cm³/mol. The van der Waals surface area contributed by atoms with Crippen molar-refractivity contribution in [3.8, 4) is 0 Å². The van der Waals surface area contributed by atoms with Crippen molar-refractivity contribution in [2.24, 2.45) is 0 Å². The molecule has 11 heavy (non-hydrogen) atoms. The molecule has 0 aromatic heterocycles. The molecule has 2 aliphatic rings. The van der Waals surface area contributed by atoms with Crippen molar-refractivity contribution in [3.05, 3.63) is 0 Å². The van der Waals surface area contributed by atoms with Crippen LogP contribution in [0, 0.1) is 0 Å². The second-order valence-electron chi connectivity index (χ2n) is 3.32. The Kier molecular flexibility index (Phi) is 1.82. The van der Waals surface area contributed by atoms with Crippen LogP contribution in [0.1, 0.15) is 19.3 Å². The Bertz CT molecular complexity index is 169. The first-order valence-corrected chi connectivity index (χ1v) is 4.38. The molecule has 1 N–H and O–H groups in total. The van der Waals surface area contributed by atoms with E-state index in [-0.39, 0.29) is 0 Å². The summed E-state index contributed by atoms with van der Waals surface area (Å²) in [6, 6.07) is 0.553. The lowest BCUT2D eigenvalue weighted by molar-refractivity contribution is -0.128. The molecule has 62 valence electrons. The van der Waals surface area contributed by atoms with Gasteiger partial charge in [-0.2, -0.15) is 0 Å². The van der Waals surface area contributed by atoms with Gasteiger partial charge in [-0.05, 0) is 19.4 Å². The van der Waals surface area contributed by atoms with Crippen LogP contribution in [0.4, 0.5) is 0 Å². The number of carbonyl (C=O) groups is 1. The van der Waals surface area contributed by atoms with E-state index in [1.54, 1.807) is 0 Å². The average Bonchev–Trinajstić information content (AvgIpc) is 2.25. The van der Waals surface area contributed by atoms with Crippen molar-refractivity contribution in [1.82, 2.24) is 10.2 Å². The van der Waals surface area contributed by atoms with Crippen molar-refractivity contribution in [1.29, 1.82) is 0 Å². The molecule has 1 atom stereocenters. The molecule has 2 heterocycles. The molecule has 1 unspecified atom stereocenters. The monoisotopic (exact) mass is 154 g/mol. The minimum atomic E-state index is 0.360. The van der Waals surface area contributed by atoms with Gasteiger partial charge in [0, 0.05) is 25.6 Å². The van der Waals surface area contributed by atoms with Crippen LogP contribution in [0.25, 0.3) is 0 Å². The minimum Gasteiger partial charge on any atom is -0.338 e. The minimum absolute atomic E-state index is 0.360. The van der Waals surface area contributed by atoms with Crippen LogP contribution in [0.3, 0.4) is 0 Å². The molecule has 0 aliphatic carbocycles. The Labute approximate surface area is 66.8 Å². The molecule has 0 bridgehead atoms. The summed E-state index contributed by atoms with van der Waals surface area (Å²) in [7, 11) is 0. The van der Waals surface area contributed by atoms with Crippen LogP contribution < -0.4 is 5.32 Å². The molecule has 2 fully saturated rings. The number of carbonyl (C=O) groups excluding carboxylic acids is 1. The molecule has 3 nitrogen and oxygen atoms in total. The van der Waals surface area contributed by atoms with Gasteiger partial charge in [0.25, 0.3) is 0 Å². The Morgan fingerprint density at radius 1 is 1.36 bits per heavy atom. The van der Waals surface area contributed by atoms with E-state index in [0.717, 1.165) is 38.9 Å². The lowest BCUT2D eigenvalue weighted by Crippen LogP contribution is -2.34. The van der Waals surface area contributed by atoms with Crippen molar-refractivity contribution in [2.75, 3.05) is 19.6 Å². The van der Waals surface area contributed by atoms with E-state index in [2.05, 4.69) is 5.32 Å². The van der Waals surface area contributed by atoms with Gasteiger partial charge >= 0.3 is 0 Å². The topological polar surface area (TPSA) is 32.3 Å². The standard InChI is InChI=1S/C8H14N2O/c11-8-2-1-7-3-4-9-5-6-10(7)8/h7,9H,1-6H2. The molecule has 0 aromatic rings. The van der Waals surface area contributed by atoms with E-state index in [4.69, 9.17) is 0 Å². The zero-order valence-corrected chi connectivity index (χ0v) is 6.68. The molecular formula is C8H14N2O. The van der Waals surface area contributed by atoms with Gasteiger partial charge in [0.15, 0.2) is 0 Å². The van der Waals surface area contributed by atoms with Gasteiger partial charge in [0.05, 0.1) is 0 Å². The van der Waals surface area contributed by atoms with E-state index in [0.29, 0.717) is 11.9 Å². The second kappa shape index (κ2) is 2.81. The molecule has 0 radical (unpaired) electrons. The van der Waals surface area contributed by atoms with Gasteiger partial charge in [-0.3, -0.25) is 4.79 Å². The summed E-state index contributed by atoms with van der Waals surface area (Å²) >= 11 is 0. The summed E-state index contributed by atoms with van der Waals surface area (Å²) in [5.74, 6) is 0.360. The summed E-state index contributed by atoms with van der Waals surface area (Å²) in [5, 5.41) is 3.30. The fourth-order valence-corrected chi connectivity index (χ4v) is 1.99. The fourth-order valence-electron chi connectivity index (χ4n) is 1.99. The highest BCUT2D eigenvalue weighted by molar-refractivity contribution is 5.78. The molecular weight excluding hydrogens is 140 g/mol. The third-order valence-corrected chi connectivity index (χ3v) is 2.64. The zero-order valence-electron chi connectivity index (χ0n) is 6.68. The predicted octanol–water partition coefficient (Wildman–Crippen LogP) is -0.0293. The van der Waals surface area contributed by atoms with Crippen molar-refractivity contribution in [3.63, 3.8) is 0 Å². The lowest BCUT2D eigenvalue weighted by Gasteiger charge is -2.20. The van der Waals surface area contributed by atoms with Gasteiger partial charge in [-0.1, -0.05) is 0 Å². The SMILES string of the molecule is O=C1CCC2CCNCCN12. The Morgan fingerprint density at radius 2 is 2.27 bits per heavy atom. The highest BCUT2D eigenvalue weighted by atomic mass is 16.2. The van der Waals surface area contributed by atoms with Gasteiger partial charge in [-0.15, -0.1) is 0 Å². The largest absolute Gasteiger partial charge is 0.338 e. The first-order valence-electron chi connectivity index (χ1n) is 4.38. The van der Waals surface area contributed by atoms with Crippen LogP contribution in [0.2, 0.25) is 0 Å². The molecule has 2 rings (SSSR count). The summed E-state index contributed by atoms with van der Waals surface area (Å²) in [6.45, 7) is 2.97. The molecule has 2 saturated heterocycles. The molecule has 2 aliphatic heterocycles. The molecule has 0 spiro atoms. The molecule has 3 heteroatoms. The number of fused-ring (bicyclic) bond motifs is 1. The molecule has 0 aromatic carbocycles. The van der Waals surface area contributed by atoms with Gasteiger partial charge in [0.2, 0.25) is 5.91 Å². The van der Waals surface area contributed by atoms with Gasteiger partial charge in [0.1, 0.15) is 0 Å². The smallest absolute Gasteiger partial charge is 0.222 e. The van der Waals surface area contributed by atoms with E-state index in [9.17, 15) is 4.79 Å². The van der Waals surface area contributed by atoms with Crippen molar-refractivity contribution < 1.29 is 4.79 Å². The van der Waals surface area contributed by atoms with Crippen LogP contribution in [0.15, 0.2) is 0 Å². The van der Waals surface area contributed by atoms with E-state index >= 15 is 0 Å². The van der Waals surface area contributed by atoms with E-state index in [1.807, 2.05) is 4.90 Å². The third kappa shape index (κ3) is 1.25. The summed E-state index contributed by atoms with van der Waals surface area (Å²) in [4.78, 5) is 13.3. The van der Waals surface area contributed by atoms with Crippen LogP contribution in [-0.4, -0.2) is 36.5 Å². The number of hydrogen-bond acceptors (Lipinski definition) is 2. The summed E-state index contributed by atoms with van der Waals surface area (Å²) in [5.41, 5.74) is 0. The highest BCUT2D eigenvalue weighted by Crippen LogP contribution is 2.21. The Balaban J connectivity index is 2.06. The maximum Gasteiger partial charge on any atom is 0.222 e. The van der Waals surface area contributed by atoms with E-state index in [1.165, 1.54) is 0 Å². The van der Waals surface area contributed by atoms with Crippen molar-refractivity contribution in [2.45, 2.75) is 25.3 Å². The van der Waals surface area contributed by atoms with Crippen molar-refractivity contribution >= 4 is 5.91 Å². The number of nitrogens with one attached hydrogen (secondary N) is 1. The Morgan fingerprint density at radius 3 is 3.18 bits per heavy atom. The van der Waals surface area contributed by atoms with E-state index < -0.39 is 0 Å². The highest BCUT2D eigenvalue weighted by Gasteiger charge is 2.30. The first-order chi connectivity index (χ1) is 5.38. The number of rotatable bonds is 0. The second-order valence-corrected chi connectivity index (χ2v) is 3.32. The maximum absolute atomic E-state index is 11.3. The quantitative estimate of drug-likeness (QED) is 0.531. The van der Waals surface area contributed by atoms with Crippen LogP contribution in [0.5, 0.6) is 0 Å². The fraction of sp³-hybridized carbons (Fsp3) is 0.875. The van der Waals surface area contributed by atoms with Gasteiger partial charge < -0.3 is 10.2 Å². The van der Waals surface area contributed by atoms with Gasteiger partial charge in [-0.25, -0.2) is 0 Å². The lowest BCUT2D eigenvalue weighted by atomic mass is 10.1. The molecule has 0 saturated carbocycles. The molecule has 1 amide bonds. The number of amides is 1. The van der Waals surface area contributed by atoms with Crippen LogP contribution >= 0.6 is 0 Å². The van der Waals surface area contributed by atoms with Crippen LogP contribution in [-0.2, 0) is 4.79 Å². The average molecular weight is 154 g/mol. The maximum atomic E-state index is 11.3. The third-order valence-electron chi connectivity index (χ3n) is 2.64. The Hall–Kier alpha value is -0.570. The zero-order chi connectivity index (χ0) is 7.68. The normalized spacial score (nSPS) is 31.8. The first kappa shape index (κ1) is 7.10. The summed E-state index contributed by atoms with van der Waals surface area (Å²) < 4.78 is 0.